The summed E-state index contributed by atoms with van der Waals surface area (Å²) in [5, 5.41) is 23.7. The summed E-state index contributed by atoms with van der Waals surface area (Å²) in [6.07, 6.45) is 0.430. The molecule has 3 N–H and O–H groups in total. The van der Waals surface area contributed by atoms with Crippen LogP contribution < -0.4 is 15.5 Å². The van der Waals surface area contributed by atoms with E-state index >= 15 is 0 Å². The fourth-order valence-corrected chi connectivity index (χ4v) is 2.18. The number of rotatable bonds is 7. The van der Waals surface area contributed by atoms with Crippen molar-refractivity contribution in [3.05, 3.63) is 23.8 Å². The minimum atomic E-state index is -0.765. The molecule has 0 unspecified atom stereocenters. The van der Waals surface area contributed by atoms with Crippen LogP contribution in [0.2, 0.25) is 0 Å². The van der Waals surface area contributed by atoms with Gasteiger partial charge in [0.15, 0.2) is 0 Å². The van der Waals surface area contributed by atoms with Crippen LogP contribution in [-0.4, -0.2) is 43.6 Å². The molecule has 130 valence electrons. The SMILES string of the molecule is CC(C)C[C@H](NC(=O)c1ccc(N(C)C)cc1O)C(=O)NCC#N. The van der Waals surface area contributed by atoms with Crippen molar-refractivity contribution in [2.24, 2.45) is 5.92 Å². The minimum Gasteiger partial charge on any atom is -0.507 e. The first-order chi connectivity index (χ1) is 11.3. The number of nitrogens with zero attached hydrogens (tertiary/aromatic N) is 2. The summed E-state index contributed by atoms with van der Waals surface area (Å²) >= 11 is 0. The zero-order valence-electron chi connectivity index (χ0n) is 14.5. The summed E-state index contributed by atoms with van der Waals surface area (Å²) in [5.74, 6) is -0.925. The van der Waals surface area contributed by atoms with Crippen molar-refractivity contribution in [1.29, 1.82) is 5.26 Å². The van der Waals surface area contributed by atoms with Gasteiger partial charge in [-0.05, 0) is 24.5 Å². The first-order valence-electron chi connectivity index (χ1n) is 7.72. The van der Waals surface area contributed by atoms with Gasteiger partial charge in [0.2, 0.25) is 5.91 Å². The first-order valence-corrected chi connectivity index (χ1v) is 7.72. The molecule has 0 aliphatic carbocycles. The predicted octanol–water partition coefficient (Wildman–Crippen LogP) is 1.24. The van der Waals surface area contributed by atoms with Crippen LogP contribution in [0.5, 0.6) is 5.75 Å². The molecule has 2 amide bonds. The molecule has 0 radical (unpaired) electrons. The number of anilines is 1. The molecule has 0 aliphatic rings. The predicted molar refractivity (Wildman–Crippen MR) is 91.8 cm³/mol. The smallest absolute Gasteiger partial charge is 0.255 e. The molecule has 1 rings (SSSR count). The van der Waals surface area contributed by atoms with Gasteiger partial charge in [-0.2, -0.15) is 5.26 Å². The molecule has 7 heteroatoms. The number of benzene rings is 1. The van der Waals surface area contributed by atoms with Crippen molar-refractivity contribution in [2.45, 2.75) is 26.3 Å². The monoisotopic (exact) mass is 332 g/mol. The number of nitrogens with one attached hydrogen (secondary N) is 2. The van der Waals surface area contributed by atoms with Crippen LogP contribution in [0.15, 0.2) is 18.2 Å². The number of aromatic hydroxyl groups is 1. The molecule has 7 nitrogen and oxygen atoms in total. The lowest BCUT2D eigenvalue weighted by Gasteiger charge is -2.20. The summed E-state index contributed by atoms with van der Waals surface area (Å²) in [4.78, 5) is 26.3. The van der Waals surface area contributed by atoms with Crippen LogP contribution in [0.4, 0.5) is 5.69 Å². The van der Waals surface area contributed by atoms with E-state index in [0.717, 1.165) is 5.69 Å². The molecule has 24 heavy (non-hydrogen) atoms. The number of amides is 2. The summed E-state index contributed by atoms with van der Waals surface area (Å²) in [6.45, 7) is 3.74. The Morgan fingerprint density at radius 1 is 1.33 bits per heavy atom. The van der Waals surface area contributed by atoms with Crippen LogP contribution in [0.1, 0.15) is 30.6 Å². The van der Waals surface area contributed by atoms with Gasteiger partial charge < -0.3 is 20.6 Å². The van der Waals surface area contributed by atoms with E-state index in [0.29, 0.717) is 6.42 Å². The van der Waals surface area contributed by atoms with E-state index in [4.69, 9.17) is 5.26 Å². The molecule has 1 atom stereocenters. The zero-order chi connectivity index (χ0) is 18.3. The normalized spacial score (nSPS) is 11.5. The standard InChI is InChI=1S/C17H24N4O3/c1-11(2)9-14(17(24)19-8-7-18)20-16(23)13-6-5-12(21(3)4)10-15(13)22/h5-6,10-11,14,22H,8-9H2,1-4H3,(H,19,24)(H,20,23)/t14-/m0/s1. The number of nitriles is 1. The lowest BCUT2D eigenvalue weighted by Crippen LogP contribution is -2.47. The van der Waals surface area contributed by atoms with Crippen LogP contribution in [-0.2, 0) is 4.79 Å². The Kier molecular flexibility index (Phi) is 7.05. The summed E-state index contributed by atoms with van der Waals surface area (Å²) < 4.78 is 0. The quantitative estimate of drug-likeness (QED) is 0.652. The molecule has 0 aromatic heterocycles. The van der Waals surface area contributed by atoms with E-state index in [-0.39, 0.29) is 23.8 Å². The van der Waals surface area contributed by atoms with Crippen LogP contribution in [0.25, 0.3) is 0 Å². The largest absolute Gasteiger partial charge is 0.507 e. The fraction of sp³-hybridized carbons (Fsp3) is 0.471. The molecule has 0 fully saturated rings. The molecule has 1 aromatic carbocycles. The number of hydrogen-bond acceptors (Lipinski definition) is 5. The second kappa shape index (κ2) is 8.77. The van der Waals surface area contributed by atoms with E-state index in [1.807, 2.05) is 34.0 Å². The number of carbonyl (C=O) groups is 2. The van der Waals surface area contributed by atoms with Gasteiger partial charge in [-0.25, -0.2) is 0 Å². The third-order valence-electron chi connectivity index (χ3n) is 3.41. The average Bonchev–Trinajstić information content (AvgIpc) is 2.51. The van der Waals surface area contributed by atoms with Gasteiger partial charge in [0.1, 0.15) is 18.3 Å². The Bertz CT molecular complexity index is 635. The minimum absolute atomic E-state index is 0.0995. The highest BCUT2D eigenvalue weighted by molar-refractivity contribution is 6.00. The maximum absolute atomic E-state index is 12.4. The molecule has 0 aliphatic heterocycles. The molecule has 0 bridgehead atoms. The molecular formula is C17H24N4O3. The van der Waals surface area contributed by atoms with E-state index < -0.39 is 17.9 Å². The highest BCUT2D eigenvalue weighted by Gasteiger charge is 2.23. The van der Waals surface area contributed by atoms with Crippen molar-refractivity contribution in [2.75, 3.05) is 25.5 Å². The third kappa shape index (κ3) is 5.47. The second-order valence-electron chi connectivity index (χ2n) is 6.13. The highest BCUT2D eigenvalue weighted by atomic mass is 16.3. The number of hydrogen-bond donors (Lipinski definition) is 3. The van der Waals surface area contributed by atoms with Crippen molar-refractivity contribution in [3.8, 4) is 11.8 Å². The highest BCUT2D eigenvalue weighted by Crippen LogP contribution is 2.23. The maximum Gasteiger partial charge on any atom is 0.255 e. The van der Waals surface area contributed by atoms with Gasteiger partial charge in [-0.3, -0.25) is 9.59 Å². The second-order valence-corrected chi connectivity index (χ2v) is 6.13. The van der Waals surface area contributed by atoms with Crippen molar-refractivity contribution >= 4 is 17.5 Å². The number of carbonyl (C=O) groups excluding carboxylic acids is 2. The van der Waals surface area contributed by atoms with Crippen LogP contribution in [0, 0.1) is 17.2 Å². The zero-order valence-corrected chi connectivity index (χ0v) is 14.5. The van der Waals surface area contributed by atoms with E-state index in [9.17, 15) is 14.7 Å². The third-order valence-corrected chi connectivity index (χ3v) is 3.41. The lowest BCUT2D eigenvalue weighted by atomic mass is 10.0. The molecule has 0 spiro atoms. The molecule has 0 saturated heterocycles. The average molecular weight is 332 g/mol. The first kappa shape index (κ1) is 19.3. The van der Waals surface area contributed by atoms with Gasteiger partial charge in [0.25, 0.3) is 5.91 Å². The van der Waals surface area contributed by atoms with Gasteiger partial charge in [0, 0.05) is 25.8 Å². The van der Waals surface area contributed by atoms with Crippen molar-refractivity contribution in [1.82, 2.24) is 10.6 Å². The summed E-state index contributed by atoms with van der Waals surface area (Å²) in [5.41, 5.74) is 0.858. The Morgan fingerprint density at radius 2 is 2.00 bits per heavy atom. The molecule has 0 saturated carbocycles. The number of phenolic OH excluding ortho intramolecular Hbond substituents is 1. The topological polar surface area (TPSA) is 105 Å². The van der Waals surface area contributed by atoms with Gasteiger partial charge in [-0.1, -0.05) is 13.8 Å². The number of phenols is 1. The Balaban J connectivity index is 2.91. The van der Waals surface area contributed by atoms with Crippen molar-refractivity contribution < 1.29 is 14.7 Å². The van der Waals surface area contributed by atoms with Crippen LogP contribution >= 0.6 is 0 Å². The van der Waals surface area contributed by atoms with Crippen molar-refractivity contribution in [3.63, 3.8) is 0 Å². The van der Waals surface area contributed by atoms with E-state index in [1.54, 1.807) is 11.0 Å². The van der Waals surface area contributed by atoms with Gasteiger partial charge in [-0.15, -0.1) is 0 Å². The summed E-state index contributed by atoms with van der Waals surface area (Å²) in [7, 11) is 3.65. The van der Waals surface area contributed by atoms with Gasteiger partial charge in [0.05, 0.1) is 11.6 Å². The van der Waals surface area contributed by atoms with Gasteiger partial charge >= 0.3 is 0 Å². The molecule has 1 aromatic rings. The van der Waals surface area contributed by atoms with E-state index in [1.165, 1.54) is 12.1 Å². The van der Waals surface area contributed by atoms with E-state index in [2.05, 4.69) is 10.6 Å². The lowest BCUT2D eigenvalue weighted by molar-refractivity contribution is -0.123. The maximum atomic E-state index is 12.4. The fourth-order valence-electron chi connectivity index (χ4n) is 2.18. The molecule has 0 heterocycles. The molecular weight excluding hydrogens is 308 g/mol. The Labute approximate surface area is 142 Å². The summed E-state index contributed by atoms with van der Waals surface area (Å²) in [6, 6.07) is 5.78. The Morgan fingerprint density at radius 3 is 2.50 bits per heavy atom. The Hall–Kier alpha value is -2.75. The van der Waals surface area contributed by atoms with Crippen LogP contribution in [0.3, 0.4) is 0 Å².